The van der Waals surface area contributed by atoms with Crippen molar-refractivity contribution < 1.29 is 9.90 Å². The molecule has 1 aliphatic heterocycles. The fourth-order valence-electron chi connectivity index (χ4n) is 2.37. The zero-order valence-corrected chi connectivity index (χ0v) is 12.8. The topological polar surface area (TPSA) is 70.4 Å². The highest BCUT2D eigenvalue weighted by Gasteiger charge is 2.18. The number of benzene rings is 1. The summed E-state index contributed by atoms with van der Waals surface area (Å²) in [7, 11) is 0. The number of carbonyl (C=O) groups is 1. The van der Waals surface area contributed by atoms with Crippen molar-refractivity contribution in [3.63, 3.8) is 0 Å². The van der Waals surface area contributed by atoms with Crippen LogP contribution in [0.3, 0.4) is 0 Å². The third kappa shape index (κ3) is 3.17. The minimum atomic E-state index is -0.723. The van der Waals surface area contributed by atoms with E-state index in [1.165, 1.54) is 4.68 Å². The van der Waals surface area contributed by atoms with Gasteiger partial charge in [-0.05, 0) is 25.1 Å². The lowest BCUT2D eigenvalue weighted by atomic mass is 10.1. The molecule has 0 saturated carbocycles. The molecule has 0 fully saturated rings. The zero-order valence-electron chi connectivity index (χ0n) is 12.8. The van der Waals surface area contributed by atoms with E-state index in [-0.39, 0.29) is 6.03 Å². The fraction of sp³-hybridized carbons (Fsp3) is 0.176. The lowest BCUT2D eigenvalue weighted by molar-refractivity contribution is 0.227. The summed E-state index contributed by atoms with van der Waals surface area (Å²) in [5.74, 6) is 0. The molecular formula is C17H18N4O2. The van der Waals surface area contributed by atoms with Gasteiger partial charge in [0.15, 0.2) is 0 Å². The zero-order chi connectivity index (χ0) is 16.2. The van der Waals surface area contributed by atoms with Crippen LogP contribution >= 0.6 is 0 Å². The predicted octanol–water partition coefficient (Wildman–Crippen LogP) is 2.20. The highest BCUT2D eigenvalue weighted by molar-refractivity contribution is 5.81. The summed E-state index contributed by atoms with van der Waals surface area (Å²) in [5.41, 5.74) is 2.56. The Hall–Kier alpha value is -2.86. The van der Waals surface area contributed by atoms with Gasteiger partial charge in [0.25, 0.3) is 0 Å². The number of rotatable bonds is 3. The number of aliphatic hydroxyl groups is 1. The maximum atomic E-state index is 11.8. The van der Waals surface area contributed by atoms with Gasteiger partial charge in [-0.25, -0.2) is 4.79 Å². The molecule has 2 aromatic rings. The summed E-state index contributed by atoms with van der Waals surface area (Å²) in [5, 5.41) is 16.9. The summed E-state index contributed by atoms with van der Waals surface area (Å²) in [6.07, 6.45) is 7.95. The summed E-state index contributed by atoms with van der Waals surface area (Å²) < 4.78 is 1.27. The highest BCUT2D eigenvalue weighted by atomic mass is 16.3. The second-order valence-electron chi connectivity index (χ2n) is 5.11. The molecule has 1 atom stereocenters. The van der Waals surface area contributed by atoms with E-state index in [2.05, 4.69) is 10.4 Å². The Morgan fingerprint density at radius 1 is 1.35 bits per heavy atom. The van der Waals surface area contributed by atoms with Crippen LogP contribution in [0.1, 0.15) is 12.5 Å². The molecule has 0 aliphatic carbocycles. The van der Waals surface area contributed by atoms with E-state index in [4.69, 9.17) is 0 Å². The van der Waals surface area contributed by atoms with Gasteiger partial charge in [0.05, 0.1) is 6.20 Å². The maximum Gasteiger partial charge on any atom is 0.342 e. The average molecular weight is 310 g/mol. The van der Waals surface area contributed by atoms with Gasteiger partial charge in [0.2, 0.25) is 0 Å². The van der Waals surface area contributed by atoms with Crippen LogP contribution in [-0.2, 0) is 0 Å². The van der Waals surface area contributed by atoms with E-state index < -0.39 is 6.23 Å². The number of anilines is 1. The summed E-state index contributed by atoms with van der Waals surface area (Å²) in [6, 6.07) is 9.35. The SMILES string of the molecule is CCNC(=O)n1cc(C2=CN(c3ccccc3)C(O)C=C2)cn1. The number of carbonyl (C=O) groups excluding carboxylic acids is 1. The number of nitrogens with one attached hydrogen (secondary N) is 1. The first kappa shape index (κ1) is 15.1. The molecule has 118 valence electrons. The second kappa shape index (κ2) is 6.50. The number of hydrogen-bond donors (Lipinski definition) is 2. The van der Waals surface area contributed by atoms with Crippen molar-refractivity contribution >= 4 is 17.3 Å². The van der Waals surface area contributed by atoms with Crippen LogP contribution in [0.25, 0.3) is 5.57 Å². The Kier molecular flexibility index (Phi) is 4.25. The van der Waals surface area contributed by atoms with Gasteiger partial charge in [0, 0.05) is 35.8 Å². The van der Waals surface area contributed by atoms with E-state index in [9.17, 15) is 9.90 Å². The molecule has 0 spiro atoms. The van der Waals surface area contributed by atoms with Crippen LogP contribution in [0.15, 0.2) is 61.1 Å². The summed E-state index contributed by atoms with van der Waals surface area (Å²) in [6.45, 7) is 2.40. The van der Waals surface area contributed by atoms with E-state index in [1.807, 2.05) is 49.5 Å². The number of aromatic nitrogens is 2. The highest BCUT2D eigenvalue weighted by Crippen LogP contribution is 2.26. The Bertz CT molecular complexity index is 749. The molecule has 0 bridgehead atoms. The molecule has 6 nitrogen and oxygen atoms in total. The van der Waals surface area contributed by atoms with Crippen LogP contribution in [-0.4, -0.2) is 33.7 Å². The van der Waals surface area contributed by atoms with Crippen molar-refractivity contribution in [1.82, 2.24) is 15.1 Å². The number of allylic oxidation sites excluding steroid dienone is 2. The van der Waals surface area contributed by atoms with E-state index >= 15 is 0 Å². The number of aliphatic hydroxyl groups excluding tert-OH is 1. The van der Waals surface area contributed by atoms with Crippen molar-refractivity contribution in [2.24, 2.45) is 0 Å². The van der Waals surface area contributed by atoms with Crippen LogP contribution in [0.2, 0.25) is 0 Å². The molecule has 2 N–H and O–H groups in total. The van der Waals surface area contributed by atoms with Gasteiger partial charge in [0.1, 0.15) is 6.23 Å². The van der Waals surface area contributed by atoms with Gasteiger partial charge < -0.3 is 15.3 Å². The van der Waals surface area contributed by atoms with E-state index in [0.717, 1.165) is 16.8 Å². The molecule has 1 unspecified atom stereocenters. The second-order valence-corrected chi connectivity index (χ2v) is 5.11. The van der Waals surface area contributed by atoms with Crippen LogP contribution < -0.4 is 10.2 Å². The van der Waals surface area contributed by atoms with Gasteiger partial charge in [-0.3, -0.25) is 0 Å². The van der Waals surface area contributed by atoms with Crippen molar-refractivity contribution in [1.29, 1.82) is 0 Å². The smallest absolute Gasteiger partial charge is 0.342 e. The van der Waals surface area contributed by atoms with E-state index in [0.29, 0.717) is 6.54 Å². The molecule has 1 aliphatic rings. The Morgan fingerprint density at radius 3 is 2.87 bits per heavy atom. The van der Waals surface area contributed by atoms with Crippen molar-refractivity contribution in [2.75, 3.05) is 11.4 Å². The largest absolute Gasteiger partial charge is 0.370 e. The fourth-order valence-corrected chi connectivity index (χ4v) is 2.37. The Labute approximate surface area is 134 Å². The minimum Gasteiger partial charge on any atom is -0.370 e. The normalized spacial score (nSPS) is 17.0. The third-order valence-electron chi connectivity index (χ3n) is 3.52. The molecule has 3 rings (SSSR count). The first-order valence-corrected chi connectivity index (χ1v) is 7.44. The lowest BCUT2D eigenvalue weighted by Gasteiger charge is -2.28. The van der Waals surface area contributed by atoms with Crippen molar-refractivity contribution in [3.8, 4) is 0 Å². The molecule has 6 heteroatoms. The first-order valence-electron chi connectivity index (χ1n) is 7.44. The van der Waals surface area contributed by atoms with E-state index in [1.54, 1.807) is 23.4 Å². The third-order valence-corrected chi connectivity index (χ3v) is 3.52. The first-order chi connectivity index (χ1) is 11.2. The van der Waals surface area contributed by atoms with Gasteiger partial charge >= 0.3 is 6.03 Å². The summed E-state index contributed by atoms with van der Waals surface area (Å²) in [4.78, 5) is 13.5. The molecule has 0 saturated heterocycles. The number of hydrogen-bond acceptors (Lipinski definition) is 4. The van der Waals surface area contributed by atoms with Gasteiger partial charge in [-0.15, -0.1) is 0 Å². The minimum absolute atomic E-state index is 0.265. The monoisotopic (exact) mass is 310 g/mol. The summed E-state index contributed by atoms with van der Waals surface area (Å²) >= 11 is 0. The van der Waals surface area contributed by atoms with Gasteiger partial charge in [-0.1, -0.05) is 24.3 Å². The average Bonchev–Trinajstić information content (AvgIpc) is 3.06. The molecule has 1 aromatic heterocycles. The molecule has 1 amide bonds. The number of nitrogens with zero attached hydrogens (tertiary/aromatic N) is 3. The number of amides is 1. The van der Waals surface area contributed by atoms with Crippen LogP contribution in [0.4, 0.5) is 10.5 Å². The van der Waals surface area contributed by atoms with Crippen molar-refractivity contribution in [2.45, 2.75) is 13.2 Å². The lowest BCUT2D eigenvalue weighted by Crippen LogP contribution is -2.30. The molecular weight excluding hydrogens is 292 g/mol. The number of para-hydroxylation sites is 1. The maximum absolute atomic E-state index is 11.8. The molecule has 0 radical (unpaired) electrons. The van der Waals surface area contributed by atoms with Crippen molar-refractivity contribution in [3.05, 3.63) is 66.6 Å². The molecule has 2 heterocycles. The van der Waals surface area contributed by atoms with Crippen LogP contribution in [0.5, 0.6) is 0 Å². The standard InChI is InChI=1S/C17H18N4O2/c1-2-18-17(23)21-12-14(10-19-21)13-8-9-16(22)20(11-13)15-6-4-3-5-7-15/h3-12,16,22H,2H2,1H3,(H,18,23). The quantitative estimate of drug-likeness (QED) is 0.912. The molecule has 1 aromatic carbocycles. The Balaban J connectivity index is 1.88. The predicted molar refractivity (Wildman–Crippen MR) is 88.7 cm³/mol. The van der Waals surface area contributed by atoms with Gasteiger partial charge in [-0.2, -0.15) is 9.78 Å². The van der Waals surface area contributed by atoms with Crippen LogP contribution in [0, 0.1) is 0 Å². The molecule has 23 heavy (non-hydrogen) atoms. The Morgan fingerprint density at radius 2 is 2.13 bits per heavy atom.